The first-order chi connectivity index (χ1) is 9.28. The Morgan fingerprint density at radius 1 is 1.21 bits per heavy atom. The van der Waals surface area contributed by atoms with Gasteiger partial charge in [0.25, 0.3) is 0 Å². The molecule has 1 aromatic carbocycles. The smallest absolute Gasteiger partial charge is 0.119 e. The lowest BCUT2D eigenvalue weighted by atomic mass is 10.1. The van der Waals surface area contributed by atoms with E-state index in [0.29, 0.717) is 6.04 Å². The molecule has 2 rings (SSSR count). The van der Waals surface area contributed by atoms with E-state index in [1.165, 1.54) is 38.0 Å². The fourth-order valence-electron chi connectivity index (χ4n) is 2.49. The standard InChI is InChI=1S/C16H26N2O/c1-3-13-19-16-8-6-15(7-9-16)17-14-5-4-11-18(2)12-10-14/h6-9,14,17H,3-5,10-13H2,1-2H3. The average Bonchev–Trinajstić information content (AvgIpc) is 2.63. The molecule has 0 aromatic heterocycles. The Bertz CT molecular complexity index is 364. The Morgan fingerprint density at radius 3 is 2.74 bits per heavy atom. The summed E-state index contributed by atoms with van der Waals surface area (Å²) in [5.41, 5.74) is 1.21. The summed E-state index contributed by atoms with van der Waals surface area (Å²) in [6.07, 6.45) is 4.82. The third-order valence-electron chi connectivity index (χ3n) is 3.65. The Balaban J connectivity index is 1.84. The van der Waals surface area contributed by atoms with Gasteiger partial charge in [-0.3, -0.25) is 0 Å². The highest BCUT2D eigenvalue weighted by atomic mass is 16.5. The predicted octanol–water partition coefficient (Wildman–Crippen LogP) is 3.37. The summed E-state index contributed by atoms with van der Waals surface area (Å²) in [6, 6.07) is 8.97. The average molecular weight is 262 g/mol. The molecule has 106 valence electrons. The Kier molecular flexibility index (Phi) is 5.52. The van der Waals surface area contributed by atoms with E-state index in [1.54, 1.807) is 0 Å². The van der Waals surface area contributed by atoms with Crippen molar-refractivity contribution in [2.45, 2.75) is 38.6 Å². The van der Waals surface area contributed by atoms with Crippen molar-refractivity contribution < 1.29 is 4.74 Å². The number of likely N-dealkylation sites (tertiary alicyclic amines) is 1. The Morgan fingerprint density at radius 2 is 2.00 bits per heavy atom. The normalized spacial score (nSPS) is 20.8. The molecular weight excluding hydrogens is 236 g/mol. The number of anilines is 1. The number of hydrogen-bond acceptors (Lipinski definition) is 3. The Labute approximate surface area is 116 Å². The summed E-state index contributed by atoms with van der Waals surface area (Å²) in [5, 5.41) is 3.64. The highest BCUT2D eigenvalue weighted by Gasteiger charge is 2.14. The van der Waals surface area contributed by atoms with E-state index >= 15 is 0 Å². The van der Waals surface area contributed by atoms with Crippen LogP contribution in [0.3, 0.4) is 0 Å². The molecule has 0 bridgehead atoms. The van der Waals surface area contributed by atoms with Gasteiger partial charge in [0.2, 0.25) is 0 Å². The minimum absolute atomic E-state index is 0.604. The number of benzene rings is 1. The number of nitrogens with one attached hydrogen (secondary N) is 1. The number of rotatable bonds is 5. The van der Waals surface area contributed by atoms with Gasteiger partial charge in [0.15, 0.2) is 0 Å². The van der Waals surface area contributed by atoms with Crippen molar-refractivity contribution >= 4 is 5.69 Å². The fraction of sp³-hybridized carbons (Fsp3) is 0.625. The lowest BCUT2D eigenvalue weighted by Gasteiger charge is -2.18. The third kappa shape index (κ3) is 4.75. The van der Waals surface area contributed by atoms with E-state index in [9.17, 15) is 0 Å². The van der Waals surface area contributed by atoms with Gasteiger partial charge in [-0.25, -0.2) is 0 Å². The maximum absolute atomic E-state index is 5.60. The van der Waals surface area contributed by atoms with Gasteiger partial charge in [-0.05, 0) is 70.1 Å². The van der Waals surface area contributed by atoms with Gasteiger partial charge in [-0.15, -0.1) is 0 Å². The van der Waals surface area contributed by atoms with E-state index in [-0.39, 0.29) is 0 Å². The van der Waals surface area contributed by atoms with Crippen molar-refractivity contribution in [3.63, 3.8) is 0 Å². The third-order valence-corrected chi connectivity index (χ3v) is 3.65. The van der Waals surface area contributed by atoms with Crippen LogP contribution in [0.5, 0.6) is 5.75 Å². The van der Waals surface area contributed by atoms with E-state index in [1.807, 2.05) is 0 Å². The van der Waals surface area contributed by atoms with Gasteiger partial charge < -0.3 is 15.0 Å². The molecule has 1 aliphatic rings. The molecule has 1 fully saturated rings. The molecule has 0 radical (unpaired) electrons. The zero-order chi connectivity index (χ0) is 13.5. The van der Waals surface area contributed by atoms with Gasteiger partial charge in [-0.1, -0.05) is 6.92 Å². The molecule has 3 heteroatoms. The second-order valence-corrected chi connectivity index (χ2v) is 5.45. The predicted molar refractivity (Wildman–Crippen MR) is 81.0 cm³/mol. The molecule has 1 atom stereocenters. The molecule has 1 aromatic rings. The number of hydrogen-bond donors (Lipinski definition) is 1. The highest BCUT2D eigenvalue weighted by Crippen LogP contribution is 2.19. The summed E-state index contributed by atoms with van der Waals surface area (Å²) in [6.45, 7) is 5.33. The van der Waals surface area contributed by atoms with Crippen LogP contribution < -0.4 is 10.1 Å². The van der Waals surface area contributed by atoms with Gasteiger partial charge in [0, 0.05) is 11.7 Å². The van der Waals surface area contributed by atoms with Crippen molar-refractivity contribution in [3.8, 4) is 5.75 Å². The SMILES string of the molecule is CCCOc1ccc(NC2CCCN(C)CC2)cc1. The van der Waals surface area contributed by atoms with Crippen LogP contribution >= 0.6 is 0 Å². The van der Waals surface area contributed by atoms with E-state index in [4.69, 9.17) is 4.74 Å². The summed E-state index contributed by atoms with van der Waals surface area (Å²) in [4.78, 5) is 2.42. The first-order valence-corrected chi connectivity index (χ1v) is 7.46. The van der Waals surface area contributed by atoms with Crippen molar-refractivity contribution in [1.29, 1.82) is 0 Å². The summed E-state index contributed by atoms with van der Waals surface area (Å²) < 4.78 is 5.60. The van der Waals surface area contributed by atoms with Crippen molar-refractivity contribution in [2.24, 2.45) is 0 Å². The minimum Gasteiger partial charge on any atom is -0.494 e. The fourth-order valence-corrected chi connectivity index (χ4v) is 2.49. The summed E-state index contributed by atoms with van der Waals surface area (Å²) >= 11 is 0. The van der Waals surface area contributed by atoms with Crippen LogP contribution in [0, 0.1) is 0 Å². The first kappa shape index (κ1) is 14.2. The van der Waals surface area contributed by atoms with Gasteiger partial charge in [0.05, 0.1) is 6.61 Å². The maximum atomic E-state index is 5.60. The molecule has 1 saturated heterocycles. The number of nitrogens with zero attached hydrogens (tertiary/aromatic N) is 1. The van der Waals surface area contributed by atoms with Crippen molar-refractivity contribution in [3.05, 3.63) is 24.3 Å². The molecule has 1 aliphatic heterocycles. The molecular formula is C16H26N2O. The molecule has 0 saturated carbocycles. The van der Waals surface area contributed by atoms with Crippen LogP contribution in [0.4, 0.5) is 5.69 Å². The molecule has 19 heavy (non-hydrogen) atoms. The maximum Gasteiger partial charge on any atom is 0.119 e. The molecule has 0 aliphatic carbocycles. The zero-order valence-corrected chi connectivity index (χ0v) is 12.2. The van der Waals surface area contributed by atoms with Crippen molar-refractivity contribution in [1.82, 2.24) is 4.90 Å². The van der Waals surface area contributed by atoms with Crippen LogP contribution in [-0.2, 0) is 0 Å². The van der Waals surface area contributed by atoms with Gasteiger partial charge >= 0.3 is 0 Å². The van der Waals surface area contributed by atoms with Crippen LogP contribution in [-0.4, -0.2) is 37.7 Å². The van der Waals surface area contributed by atoms with Gasteiger partial charge in [-0.2, -0.15) is 0 Å². The highest BCUT2D eigenvalue weighted by molar-refractivity contribution is 5.47. The first-order valence-electron chi connectivity index (χ1n) is 7.46. The molecule has 0 spiro atoms. The van der Waals surface area contributed by atoms with Crippen LogP contribution in [0.25, 0.3) is 0 Å². The van der Waals surface area contributed by atoms with Crippen LogP contribution in [0.1, 0.15) is 32.6 Å². The zero-order valence-electron chi connectivity index (χ0n) is 12.2. The van der Waals surface area contributed by atoms with Crippen LogP contribution in [0.15, 0.2) is 24.3 Å². The summed E-state index contributed by atoms with van der Waals surface area (Å²) in [7, 11) is 2.21. The quantitative estimate of drug-likeness (QED) is 0.880. The molecule has 1 unspecified atom stereocenters. The largest absolute Gasteiger partial charge is 0.494 e. The summed E-state index contributed by atoms with van der Waals surface area (Å²) in [5.74, 6) is 0.966. The lowest BCUT2D eigenvalue weighted by molar-refractivity contribution is 0.317. The minimum atomic E-state index is 0.604. The second kappa shape index (κ2) is 7.39. The van der Waals surface area contributed by atoms with E-state index < -0.39 is 0 Å². The molecule has 3 nitrogen and oxygen atoms in total. The van der Waals surface area contributed by atoms with Crippen molar-refractivity contribution in [2.75, 3.05) is 32.1 Å². The molecule has 0 amide bonds. The molecule has 1 N–H and O–H groups in total. The molecule has 1 heterocycles. The lowest BCUT2D eigenvalue weighted by Crippen LogP contribution is -2.22. The van der Waals surface area contributed by atoms with E-state index in [2.05, 4.69) is 48.5 Å². The Hall–Kier alpha value is -1.22. The van der Waals surface area contributed by atoms with E-state index in [0.717, 1.165) is 18.8 Å². The number of ether oxygens (including phenoxy) is 1. The monoisotopic (exact) mass is 262 g/mol. The second-order valence-electron chi connectivity index (χ2n) is 5.45. The van der Waals surface area contributed by atoms with Crippen LogP contribution in [0.2, 0.25) is 0 Å². The van der Waals surface area contributed by atoms with Gasteiger partial charge in [0.1, 0.15) is 5.75 Å². The topological polar surface area (TPSA) is 24.5 Å².